The van der Waals surface area contributed by atoms with E-state index in [0.717, 1.165) is 10.6 Å². The lowest BCUT2D eigenvalue weighted by Crippen LogP contribution is -2.42. The van der Waals surface area contributed by atoms with Crippen LogP contribution in [0.1, 0.15) is 26.3 Å². The Kier molecular flexibility index (Phi) is 5.49. The van der Waals surface area contributed by atoms with Crippen LogP contribution in [0.4, 0.5) is 0 Å². The molecule has 5 nitrogen and oxygen atoms in total. The first kappa shape index (κ1) is 16.1. The Labute approximate surface area is 115 Å². The SMILES string of the molecule is Cc1ccc(S(=O)(=O)NC(C)CN(O)C(C)C)cc1. The van der Waals surface area contributed by atoms with Crippen LogP contribution in [0.25, 0.3) is 0 Å². The van der Waals surface area contributed by atoms with E-state index in [4.69, 9.17) is 0 Å². The van der Waals surface area contributed by atoms with Crippen LogP contribution in [-0.2, 0) is 10.0 Å². The van der Waals surface area contributed by atoms with Crippen molar-refractivity contribution in [2.24, 2.45) is 0 Å². The number of nitrogens with zero attached hydrogens (tertiary/aromatic N) is 1. The largest absolute Gasteiger partial charge is 0.314 e. The third-order valence-electron chi connectivity index (χ3n) is 2.74. The first-order valence-electron chi connectivity index (χ1n) is 6.27. The monoisotopic (exact) mass is 286 g/mol. The minimum Gasteiger partial charge on any atom is -0.314 e. The molecule has 0 saturated heterocycles. The van der Waals surface area contributed by atoms with Gasteiger partial charge in [-0.05, 0) is 39.8 Å². The van der Waals surface area contributed by atoms with Gasteiger partial charge in [0.2, 0.25) is 10.0 Å². The van der Waals surface area contributed by atoms with Crippen molar-refractivity contribution in [3.8, 4) is 0 Å². The van der Waals surface area contributed by atoms with Crippen molar-refractivity contribution in [1.82, 2.24) is 9.79 Å². The fraction of sp³-hybridized carbons (Fsp3) is 0.538. The van der Waals surface area contributed by atoms with Gasteiger partial charge in [-0.25, -0.2) is 13.1 Å². The van der Waals surface area contributed by atoms with E-state index in [1.165, 1.54) is 0 Å². The average Bonchev–Trinajstić information content (AvgIpc) is 2.28. The number of sulfonamides is 1. The van der Waals surface area contributed by atoms with Crippen molar-refractivity contribution in [3.05, 3.63) is 29.8 Å². The second-order valence-corrected chi connectivity index (χ2v) is 6.77. The molecule has 0 radical (unpaired) electrons. The Morgan fingerprint density at radius 3 is 2.21 bits per heavy atom. The molecule has 1 aromatic rings. The van der Waals surface area contributed by atoms with Crippen LogP contribution in [0.15, 0.2) is 29.2 Å². The van der Waals surface area contributed by atoms with Gasteiger partial charge in [-0.1, -0.05) is 17.7 Å². The maximum atomic E-state index is 12.1. The molecule has 0 spiro atoms. The predicted octanol–water partition coefficient (Wildman–Crippen LogP) is 1.76. The average molecular weight is 286 g/mol. The summed E-state index contributed by atoms with van der Waals surface area (Å²) in [6, 6.07) is 6.23. The van der Waals surface area contributed by atoms with Crippen LogP contribution in [0, 0.1) is 6.92 Å². The van der Waals surface area contributed by atoms with Crippen molar-refractivity contribution in [3.63, 3.8) is 0 Å². The van der Waals surface area contributed by atoms with E-state index in [1.807, 2.05) is 20.8 Å². The van der Waals surface area contributed by atoms with Crippen LogP contribution in [-0.4, -0.2) is 37.3 Å². The predicted molar refractivity (Wildman–Crippen MR) is 74.6 cm³/mol. The van der Waals surface area contributed by atoms with E-state index in [2.05, 4.69) is 4.72 Å². The highest BCUT2D eigenvalue weighted by Gasteiger charge is 2.19. The molecule has 0 bridgehead atoms. The maximum absolute atomic E-state index is 12.1. The molecule has 1 aromatic carbocycles. The van der Waals surface area contributed by atoms with Crippen LogP contribution in [0.2, 0.25) is 0 Å². The molecule has 0 amide bonds. The number of nitrogens with one attached hydrogen (secondary N) is 1. The minimum atomic E-state index is -3.54. The second-order valence-electron chi connectivity index (χ2n) is 5.05. The molecule has 0 fully saturated rings. The van der Waals surface area contributed by atoms with E-state index in [9.17, 15) is 13.6 Å². The molecular formula is C13H22N2O3S. The number of benzene rings is 1. The number of hydroxylamine groups is 2. The molecule has 0 aromatic heterocycles. The Morgan fingerprint density at radius 2 is 1.74 bits per heavy atom. The number of hydrogen-bond acceptors (Lipinski definition) is 4. The van der Waals surface area contributed by atoms with Gasteiger partial charge >= 0.3 is 0 Å². The number of rotatable bonds is 6. The van der Waals surface area contributed by atoms with E-state index in [-0.39, 0.29) is 23.5 Å². The summed E-state index contributed by atoms with van der Waals surface area (Å²) in [5.74, 6) is 0. The van der Waals surface area contributed by atoms with Gasteiger partial charge in [0.05, 0.1) is 4.90 Å². The molecule has 0 heterocycles. The summed E-state index contributed by atoms with van der Waals surface area (Å²) in [5, 5.41) is 10.7. The Morgan fingerprint density at radius 1 is 1.21 bits per heavy atom. The molecule has 1 atom stereocenters. The lowest BCUT2D eigenvalue weighted by molar-refractivity contribution is -0.119. The van der Waals surface area contributed by atoms with Gasteiger partial charge in [0.15, 0.2) is 0 Å². The summed E-state index contributed by atoms with van der Waals surface area (Å²) in [5.41, 5.74) is 1.01. The molecule has 0 aliphatic carbocycles. The van der Waals surface area contributed by atoms with Crippen LogP contribution in [0.5, 0.6) is 0 Å². The van der Waals surface area contributed by atoms with Gasteiger partial charge in [-0.2, -0.15) is 5.06 Å². The first-order chi connectivity index (χ1) is 8.72. The van der Waals surface area contributed by atoms with Gasteiger partial charge in [0.25, 0.3) is 0 Å². The molecule has 6 heteroatoms. The number of aryl methyl sites for hydroxylation is 1. The zero-order valence-corrected chi connectivity index (χ0v) is 12.6. The summed E-state index contributed by atoms with van der Waals surface area (Å²) in [7, 11) is -3.54. The van der Waals surface area contributed by atoms with Crippen LogP contribution in [0.3, 0.4) is 0 Å². The van der Waals surface area contributed by atoms with Gasteiger partial charge in [0, 0.05) is 18.6 Å². The molecule has 108 valence electrons. The van der Waals surface area contributed by atoms with E-state index >= 15 is 0 Å². The molecular weight excluding hydrogens is 264 g/mol. The lowest BCUT2D eigenvalue weighted by Gasteiger charge is -2.23. The van der Waals surface area contributed by atoms with E-state index in [0.29, 0.717) is 0 Å². The summed E-state index contributed by atoms with van der Waals surface area (Å²) in [6.07, 6.45) is 0. The summed E-state index contributed by atoms with van der Waals surface area (Å²) in [4.78, 5) is 0.235. The normalized spacial score (nSPS) is 14.1. The summed E-state index contributed by atoms with van der Waals surface area (Å²) >= 11 is 0. The number of hydrogen-bond donors (Lipinski definition) is 2. The Balaban J connectivity index is 2.72. The zero-order chi connectivity index (χ0) is 14.6. The summed E-state index contributed by atoms with van der Waals surface area (Å²) in [6.45, 7) is 7.53. The highest BCUT2D eigenvalue weighted by atomic mass is 32.2. The van der Waals surface area contributed by atoms with Gasteiger partial charge in [-0.3, -0.25) is 0 Å². The van der Waals surface area contributed by atoms with Gasteiger partial charge in [-0.15, -0.1) is 0 Å². The van der Waals surface area contributed by atoms with Gasteiger partial charge in [0.1, 0.15) is 0 Å². The van der Waals surface area contributed by atoms with E-state index in [1.54, 1.807) is 31.2 Å². The fourth-order valence-corrected chi connectivity index (χ4v) is 2.81. The molecule has 1 rings (SSSR count). The van der Waals surface area contributed by atoms with E-state index < -0.39 is 10.0 Å². The molecule has 2 N–H and O–H groups in total. The molecule has 0 aliphatic heterocycles. The summed E-state index contributed by atoms with van der Waals surface area (Å²) < 4.78 is 26.7. The molecule has 0 aliphatic rings. The van der Waals surface area contributed by atoms with Crippen molar-refractivity contribution in [1.29, 1.82) is 0 Å². The van der Waals surface area contributed by atoms with Crippen molar-refractivity contribution in [2.45, 2.75) is 44.7 Å². The standard InChI is InChI=1S/C13H22N2O3S/c1-10(2)15(16)9-12(4)14-19(17,18)13-7-5-11(3)6-8-13/h5-8,10,12,14,16H,9H2,1-4H3. The van der Waals surface area contributed by atoms with Gasteiger partial charge < -0.3 is 5.21 Å². The zero-order valence-electron chi connectivity index (χ0n) is 11.8. The van der Waals surface area contributed by atoms with Crippen molar-refractivity contribution >= 4 is 10.0 Å². The lowest BCUT2D eigenvalue weighted by atomic mass is 10.2. The molecule has 1 unspecified atom stereocenters. The first-order valence-corrected chi connectivity index (χ1v) is 7.75. The van der Waals surface area contributed by atoms with Crippen molar-refractivity contribution < 1.29 is 13.6 Å². The second kappa shape index (κ2) is 6.47. The Hall–Kier alpha value is -0.950. The quantitative estimate of drug-likeness (QED) is 0.782. The molecule has 19 heavy (non-hydrogen) atoms. The smallest absolute Gasteiger partial charge is 0.240 e. The van der Waals surface area contributed by atoms with Crippen LogP contribution < -0.4 is 4.72 Å². The highest BCUT2D eigenvalue weighted by Crippen LogP contribution is 2.10. The third kappa shape index (κ3) is 4.91. The van der Waals surface area contributed by atoms with Crippen LogP contribution >= 0.6 is 0 Å². The third-order valence-corrected chi connectivity index (χ3v) is 4.35. The fourth-order valence-electron chi connectivity index (χ4n) is 1.58. The molecule has 0 saturated carbocycles. The minimum absolute atomic E-state index is 0.0497. The van der Waals surface area contributed by atoms with Crippen molar-refractivity contribution in [2.75, 3.05) is 6.54 Å². The Bertz CT molecular complexity index is 497. The topological polar surface area (TPSA) is 69.6 Å². The highest BCUT2D eigenvalue weighted by molar-refractivity contribution is 7.89. The maximum Gasteiger partial charge on any atom is 0.240 e.